The number of nitrogens with zero attached hydrogens (tertiary/aromatic N) is 2. The summed E-state index contributed by atoms with van der Waals surface area (Å²) in [6, 6.07) is 8.78. The van der Waals surface area contributed by atoms with E-state index in [1.807, 2.05) is 12.3 Å². The number of aliphatic hydroxyl groups is 1. The summed E-state index contributed by atoms with van der Waals surface area (Å²) in [6.45, 7) is -0.888. The molecule has 1 aliphatic carbocycles. The van der Waals surface area contributed by atoms with Crippen LogP contribution >= 0.6 is 0 Å². The Labute approximate surface area is 184 Å². The summed E-state index contributed by atoms with van der Waals surface area (Å²) in [6.07, 6.45) is 4.90. The van der Waals surface area contributed by atoms with E-state index in [0.29, 0.717) is 5.92 Å². The summed E-state index contributed by atoms with van der Waals surface area (Å²) in [7, 11) is 0. The van der Waals surface area contributed by atoms with Gasteiger partial charge in [0.2, 0.25) is 0 Å². The van der Waals surface area contributed by atoms with Crippen molar-refractivity contribution in [3.63, 3.8) is 0 Å². The third-order valence-electron chi connectivity index (χ3n) is 5.88. The Morgan fingerprint density at radius 3 is 2.38 bits per heavy atom. The molecule has 0 amide bonds. The molecule has 1 fully saturated rings. The van der Waals surface area contributed by atoms with Crippen LogP contribution in [0.2, 0.25) is 0 Å². The highest BCUT2D eigenvalue weighted by atomic mass is 19.4. The van der Waals surface area contributed by atoms with Crippen LogP contribution in [0.3, 0.4) is 0 Å². The first-order chi connectivity index (χ1) is 15.2. The zero-order valence-corrected chi connectivity index (χ0v) is 17.6. The van der Waals surface area contributed by atoms with Crippen LogP contribution in [-0.2, 0) is 5.60 Å². The number of H-pyrrole nitrogens is 1. The third-order valence-corrected chi connectivity index (χ3v) is 5.88. The first-order valence-corrected chi connectivity index (χ1v) is 10.5. The maximum atomic E-state index is 12.5. The molecule has 2 aromatic rings. The summed E-state index contributed by atoms with van der Waals surface area (Å²) in [5, 5.41) is 10.9. The van der Waals surface area contributed by atoms with Crippen molar-refractivity contribution >= 4 is 17.9 Å². The van der Waals surface area contributed by atoms with Crippen molar-refractivity contribution in [2.45, 2.75) is 43.9 Å². The highest BCUT2D eigenvalue weighted by Gasteiger charge is 2.53. The minimum Gasteiger partial charge on any atom is -0.400 e. The molecule has 1 saturated carbocycles. The minimum atomic E-state index is -4.76. The lowest BCUT2D eigenvalue weighted by atomic mass is 9.85. The SMILES string of the molecule is N/C(=C1/c2cc[nH]c2N=CN1N)C1CCCCC1.NCC(O)(c1ccccc1)C(F)(F)F. The lowest BCUT2D eigenvalue weighted by molar-refractivity contribution is -0.262. The number of allylic oxidation sites excluding steroid dienone is 1. The number of benzene rings is 1. The van der Waals surface area contributed by atoms with Gasteiger partial charge in [-0.25, -0.2) is 10.8 Å². The van der Waals surface area contributed by atoms with E-state index in [4.69, 9.17) is 17.3 Å². The van der Waals surface area contributed by atoms with Gasteiger partial charge in [0.05, 0.1) is 5.70 Å². The van der Waals surface area contributed by atoms with E-state index >= 15 is 0 Å². The number of aliphatic imine (C=N–C) groups is 1. The lowest BCUT2D eigenvalue weighted by Crippen LogP contribution is -2.48. The Morgan fingerprint density at radius 2 is 1.78 bits per heavy atom. The van der Waals surface area contributed by atoms with Crippen molar-refractivity contribution in [3.05, 3.63) is 59.4 Å². The smallest absolute Gasteiger partial charge is 0.400 e. The fourth-order valence-corrected chi connectivity index (χ4v) is 4.00. The van der Waals surface area contributed by atoms with E-state index in [-0.39, 0.29) is 5.56 Å². The minimum absolute atomic E-state index is 0.241. The quantitative estimate of drug-likeness (QED) is 0.457. The Kier molecular flexibility index (Phi) is 7.27. The number of rotatable bonds is 3. The molecular weight excluding hydrogens is 421 g/mol. The van der Waals surface area contributed by atoms with Crippen molar-refractivity contribution in [1.29, 1.82) is 0 Å². The Hall–Kier alpha value is -2.82. The summed E-state index contributed by atoms with van der Waals surface area (Å²) < 4.78 is 37.4. The number of aromatic amines is 1. The van der Waals surface area contributed by atoms with E-state index in [2.05, 4.69) is 9.98 Å². The standard InChI is InChI=1S/C13H19N5.C9H10F3NO/c14-11(9-4-2-1-3-5-9)12-10-6-7-16-13(10)17-8-18(12)15;10-9(11,12)8(14,6-13)7-4-2-1-3-5-7/h6-9,16H,1-5,14-15H2;1-5,14H,6,13H2/b12-11-;. The van der Waals surface area contributed by atoms with Gasteiger partial charge >= 0.3 is 6.18 Å². The molecule has 0 spiro atoms. The number of hydrogen-bond acceptors (Lipinski definition) is 6. The molecule has 10 heteroatoms. The van der Waals surface area contributed by atoms with E-state index in [9.17, 15) is 18.3 Å². The van der Waals surface area contributed by atoms with Crippen LogP contribution in [0.15, 0.2) is 53.3 Å². The van der Waals surface area contributed by atoms with Gasteiger partial charge in [-0.1, -0.05) is 49.6 Å². The van der Waals surface area contributed by atoms with Gasteiger partial charge in [0, 0.05) is 29.9 Å². The molecule has 174 valence electrons. The number of aromatic nitrogens is 1. The molecule has 1 unspecified atom stereocenters. The van der Waals surface area contributed by atoms with Crippen molar-refractivity contribution < 1.29 is 18.3 Å². The normalized spacial score (nSPS) is 20.1. The molecule has 0 bridgehead atoms. The molecule has 0 radical (unpaired) electrons. The summed E-state index contributed by atoms with van der Waals surface area (Å²) in [4.78, 5) is 7.34. The molecule has 2 aliphatic rings. The maximum Gasteiger partial charge on any atom is 0.422 e. The van der Waals surface area contributed by atoms with Crippen LogP contribution in [0.1, 0.15) is 43.2 Å². The lowest BCUT2D eigenvalue weighted by Gasteiger charge is -2.29. The predicted molar refractivity (Wildman–Crippen MR) is 118 cm³/mol. The molecule has 4 rings (SSSR count). The molecule has 2 heterocycles. The zero-order valence-electron chi connectivity index (χ0n) is 17.6. The fraction of sp³-hybridized carbons (Fsp3) is 0.409. The first-order valence-electron chi connectivity index (χ1n) is 10.5. The second-order valence-corrected chi connectivity index (χ2v) is 7.96. The molecule has 1 aromatic carbocycles. The Bertz CT molecular complexity index is 950. The second kappa shape index (κ2) is 9.76. The van der Waals surface area contributed by atoms with Crippen LogP contribution < -0.4 is 17.3 Å². The predicted octanol–water partition coefficient (Wildman–Crippen LogP) is 3.47. The van der Waals surface area contributed by atoms with Gasteiger partial charge in [-0.2, -0.15) is 13.2 Å². The fourth-order valence-electron chi connectivity index (χ4n) is 4.00. The number of alkyl halides is 3. The molecular formula is C22H29F3N6O. The van der Waals surface area contributed by atoms with Gasteiger partial charge in [-0.3, -0.25) is 5.01 Å². The van der Waals surface area contributed by atoms with Crippen molar-refractivity contribution in [3.8, 4) is 0 Å². The van der Waals surface area contributed by atoms with Crippen molar-refractivity contribution in [2.75, 3.05) is 6.54 Å². The number of fused-ring (bicyclic) bond motifs is 1. The zero-order chi connectivity index (χ0) is 23.4. The molecule has 1 aromatic heterocycles. The molecule has 32 heavy (non-hydrogen) atoms. The van der Waals surface area contributed by atoms with Gasteiger partial charge in [-0.05, 0) is 24.5 Å². The number of hydrazine groups is 1. The summed E-state index contributed by atoms with van der Waals surface area (Å²) >= 11 is 0. The van der Waals surface area contributed by atoms with Crippen LogP contribution in [0.25, 0.3) is 5.70 Å². The number of nitrogens with two attached hydrogens (primary N) is 3. The number of nitrogens with one attached hydrogen (secondary N) is 1. The van der Waals surface area contributed by atoms with Gasteiger partial charge in [0.1, 0.15) is 12.2 Å². The maximum absolute atomic E-state index is 12.5. The number of hydrogen-bond donors (Lipinski definition) is 5. The average Bonchev–Trinajstić information content (AvgIpc) is 3.27. The molecule has 1 atom stereocenters. The van der Waals surface area contributed by atoms with Gasteiger partial charge in [0.25, 0.3) is 0 Å². The Morgan fingerprint density at radius 1 is 1.12 bits per heavy atom. The highest BCUT2D eigenvalue weighted by molar-refractivity contribution is 5.86. The first kappa shape index (κ1) is 23.8. The van der Waals surface area contributed by atoms with Gasteiger partial charge in [-0.15, -0.1) is 0 Å². The molecule has 0 saturated heterocycles. The van der Waals surface area contributed by atoms with E-state index in [1.165, 1.54) is 56.4 Å². The highest BCUT2D eigenvalue weighted by Crippen LogP contribution is 2.38. The van der Waals surface area contributed by atoms with Crippen molar-refractivity contribution in [1.82, 2.24) is 9.99 Å². The van der Waals surface area contributed by atoms with E-state index in [1.54, 1.807) is 17.4 Å². The number of halogens is 3. The van der Waals surface area contributed by atoms with E-state index in [0.717, 1.165) is 22.8 Å². The van der Waals surface area contributed by atoms with Crippen LogP contribution in [-0.4, -0.2) is 34.2 Å². The van der Waals surface area contributed by atoms with Crippen LogP contribution in [0.4, 0.5) is 19.0 Å². The van der Waals surface area contributed by atoms with Crippen LogP contribution in [0.5, 0.6) is 0 Å². The summed E-state index contributed by atoms with van der Waals surface area (Å²) in [5.74, 6) is 7.28. The second-order valence-electron chi connectivity index (χ2n) is 7.96. The van der Waals surface area contributed by atoms with Crippen molar-refractivity contribution in [2.24, 2.45) is 28.2 Å². The summed E-state index contributed by atoms with van der Waals surface area (Å²) in [5.41, 5.74) is 11.0. The molecule has 8 N–H and O–H groups in total. The van der Waals surface area contributed by atoms with Crippen LogP contribution in [0, 0.1) is 5.92 Å². The monoisotopic (exact) mass is 450 g/mol. The topological polar surface area (TPSA) is 130 Å². The third kappa shape index (κ3) is 4.82. The van der Waals surface area contributed by atoms with Gasteiger partial charge < -0.3 is 21.6 Å². The molecule has 1 aliphatic heterocycles. The Balaban J connectivity index is 0.000000188. The van der Waals surface area contributed by atoms with E-state index < -0.39 is 18.3 Å². The van der Waals surface area contributed by atoms with Gasteiger partial charge in [0.15, 0.2) is 5.60 Å². The largest absolute Gasteiger partial charge is 0.422 e. The average molecular weight is 451 g/mol. The molecule has 7 nitrogen and oxygen atoms in total.